The molecule has 0 aromatic heterocycles. The number of nitrogens with zero attached hydrogens (tertiary/aromatic N) is 1. The van der Waals surface area contributed by atoms with Crippen molar-refractivity contribution in [2.24, 2.45) is 0 Å². The summed E-state index contributed by atoms with van der Waals surface area (Å²) in [5, 5.41) is 3.40. The maximum atomic E-state index is 13.0. The summed E-state index contributed by atoms with van der Waals surface area (Å²) >= 11 is 0. The lowest BCUT2D eigenvalue weighted by molar-refractivity contribution is -0.0444. The Labute approximate surface area is 138 Å². The molecule has 1 fully saturated rings. The Morgan fingerprint density at radius 3 is 3.05 bits per heavy atom. The van der Waals surface area contributed by atoms with Gasteiger partial charge in [-0.25, -0.2) is 0 Å². The van der Waals surface area contributed by atoms with E-state index in [1.165, 1.54) is 5.56 Å². The maximum Gasteiger partial charge on any atom is 0.254 e. The molecule has 3 rings (SSSR count). The van der Waals surface area contributed by atoms with Gasteiger partial charge in [0.2, 0.25) is 0 Å². The van der Waals surface area contributed by atoms with Crippen molar-refractivity contribution in [2.75, 3.05) is 25.0 Å². The van der Waals surface area contributed by atoms with Gasteiger partial charge in [0, 0.05) is 24.3 Å². The van der Waals surface area contributed by atoms with Gasteiger partial charge in [-0.05, 0) is 43.9 Å². The van der Waals surface area contributed by atoms with E-state index in [0.717, 1.165) is 37.1 Å². The number of carbonyl (C=O) groups is 1. The van der Waals surface area contributed by atoms with Crippen LogP contribution in [-0.2, 0) is 11.2 Å². The molecule has 122 valence electrons. The van der Waals surface area contributed by atoms with Crippen molar-refractivity contribution < 1.29 is 9.53 Å². The van der Waals surface area contributed by atoms with E-state index in [-0.39, 0.29) is 30.5 Å². The molecule has 1 aromatic carbocycles. The summed E-state index contributed by atoms with van der Waals surface area (Å²) in [5.74, 6) is 0.164. The molecule has 1 N–H and O–H groups in total. The van der Waals surface area contributed by atoms with Crippen molar-refractivity contribution in [3.05, 3.63) is 29.3 Å². The molecule has 2 aliphatic heterocycles. The molecule has 1 aromatic rings. The zero-order valence-electron chi connectivity index (χ0n) is 13.3. The fourth-order valence-electron chi connectivity index (χ4n) is 3.30. The minimum atomic E-state index is 0. The summed E-state index contributed by atoms with van der Waals surface area (Å²) in [4.78, 5) is 15.0. The highest BCUT2D eigenvalue weighted by Gasteiger charge is 2.31. The number of nitrogens with one attached hydrogen (secondary N) is 1. The Balaban J connectivity index is 0.00000176. The SMILES string of the molecule is CCC1COC(C)CN1C(=O)c1cccc2c1CCCN2.Cl. The van der Waals surface area contributed by atoms with Gasteiger partial charge in [0.1, 0.15) is 0 Å². The number of fused-ring (bicyclic) bond motifs is 1. The van der Waals surface area contributed by atoms with Gasteiger partial charge in [0.15, 0.2) is 0 Å². The second kappa shape index (κ2) is 7.34. The summed E-state index contributed by atoms with van der Waals surface area (Å²) in [7, 11) is 0. The minimum Gasteiger partial charge on any atom is -0.385 e. The summed E-state index contributed by atoms with van der Waals surface area (Å²) in [6, 6.07) is 6.22. The molecule has 1 amide bonds. The molecule has 2 unspecified atom stereocenters. The van der Waals surface area contributed by atoms with Crippen LogP contribution < -0.4 is 5.32 Å². The van der Waals surface area contributed by atoms with Crippen LogP contribution in [0.25, 0.3) is 0 Å². The second-order valence-corrected chi connectivity index (χ2v) is 6.03. The van der Waals surface area contributed by atoms with E-state index in [1.807, 2.05) is 24.0 Å². The van der Waals surface area contributed by atoms with Crippen LogP contribution in [0.3, 0.4) is 0 Å². The highest BCUT2D eigenvalue weighted by atomic mass is 35.5. The van der Waals surface area contributed by atoms with E-state index in [1.54, 1.807) is 0 Å². The monoisotopic (exact) mass is 324 g/mol. The van der Waals surface area contributed by atoms with Gasteiger partial charge in [-0.3, -0.25) is 4.79 Å². The van der Waals surface area contributed by atoms with Crippen LogP contribution in [0.1, 0.15) is 42.6 Å². The molecule has 0 spiro atoms. The smallest absolute Gasteiger partial charge is 0.254 e. The molecule has 1 saturated heterocycles. The number of amides is 1. The van der Waals surface area contributed by atoms with Crippen molar-refractivity contribution >= 4 is 24.0 Å². The standard InChI is InChI=1S/C17H24N2O2.ClH/c1-3-13-11-21-12(2)10-19(13)17(20)15-6-4-8-16-14(15)7-5-9-18-16;/h4,6,8,12-13,18H,3,5,7,9-11H2,1-2H3;1H. The normalized spacial score (nSPS) is 24.0. The number of benzene rings is 1. The third-order valence-electron chi connectivity index (χ3n) is 4.53. The molecule has 0 radical (unpaired) electrons. The third-order valence-corrected chi connectivity index (χ3v) is 4.53. The molecule has 2 aliphatic rings. The predicted molar refractivity (Wildman–Crippen MR) is 91.0 cm³/mol. The number of ether oxygens (including phenoxy) is 1. The van der Waals surface area contributed by atoms with Gasteiger partial charge >= 0.3 is 0 Å². The molecular weight excluding hydrogens is 300 g/mol. The van der Waals surface area contributed by atoms with E-state index < -0.39 is 0 Å². The summed E-state index contributed by atoms with van der Waals surface area (Å²) in [6.45, 7) is 6.49. The van der Waals surface area contributed by atoms with Crippen LogP contribution in [0.2, 0.25) is 0 Å². The Bertz CT molecular complexity index is 535. The highest BCUT2D eigenvalue weighted by Crippen LogP contribution is 2.27. The van der Waals surface area contributed by atoms with Crippen molar-refractivity contribution in [1.29, 1.82) is 0 Å². The van der Waals surface area contributed by atoms with Gasteiger partial charge in [0.05, 0.1) is 18.8 Å². The minimum absolute atomic E-state index is 0. The quantitative estimate of drug-likeness (QED) is 0.909. The van der Waals surface area contributed by atoms with Crippen molar-refractivity contribution in [1.82, 2.24) is 4.90 Å². The summed E-state index contributed by atoms with van der Waals surface area (Å²) in [6.07, 6.45) is 3.13. The first-order valence-corrected chi connectivity index (χ1v) is 7.99. The Morgan fingerprint density at radius 1 is 1.45 bits per heavy atom. The molecule has 4 nitrogen and oxygen atoms in total. The lowest BCUT2D eigenvalue weighted by atomic mass is 9.96. The molecule has 22 heavy (non-hydrogen) atoms. The topological polar surface area (TPSA) is 41.6 Å². The number of morpholine rings is 1. The van der Waals surface area contributed by atoms with E-state index in [0.29, 0.717) is 13.2 Å². The number of rotatable bonds is 2. The van der Waals surface area contributed by atoms with Crippen LogP contribution in [0.5, 0.6) is 0 Å². The van der Waals surface area contributed by atoms with Crippen molar-refractivity contribution in [2.45, 2.75) is 45.3 Å². The van der Waals surface area contributed by atoms with E-state index in [4.69, 9.17) is 4.74 Å². The first-order chi connectivity index (χ1) is 10.2. The molecule has 0 aliphatic carbocycles. The maximum absolute atomic E-state index is 13.0. The summed E-state index contributed by atoms with van der Waals surface area (Å²) < 4.78 is 5.70. The lowest BCUT2D eigenvalue weighted by Gasteiger charge is -2.39. The number of carbonyl (C=O) groups excluding carboxylic acids is 1. The van der Waals surface area contributed by atoms with Crippen molar-refractivity contribution in [3.8, 4) is 0 Å². The third kappa shape index (κ3) is 3.23. The van der Waals surface area contributed by atoms with Gasteiger partial charge in [0.25, 0.3) is 5.91 Å². The average Bonchev–Trinajstić information content (AvgIpc) is 2.53. The zero-order valence-corrected chi connectivity index (χ0v) is 14.1. The number of anilines is 1. The number of hydrogen-bond donors (Lipinski definition) is 1. The second-order valence-electron chi connectivity index (χ2n) is 6.03. The Kier molecular flexibility index (Phi) is 5.70. The fraction of sp³-hybridized carbons (Fsp3) is 0.588. The van der Waals surface area contributed by atoms with Crippen LogP contribution in [0, 0.1) is 0 Å². The number of halogens is 1. The van der Waals surface area contributed by atoms with E-state index >= 15 is 0 Å². The van der Waals surface area contributed by atoms with Crippen LogP contribution in [-0.4, -0.2) is 42.6 Å². The van der Waals surface area contributed by atoms with Crippen LogP contribution >= 0.6 is 12.4 Å². The van der Waals surface area contributed by atoms with E-state index in [9.17, 15) is 4.79 Å². The molecule has 2 heterocycles. The Morgan fingerprint density at radius 2 is 2.27 bits per heavy atom. The van der Waals surface area contributed by atoms with Crippen molar-refractivity contribution in [3.63, 3.8) is 0 Å². The molecule has 0 bridgehead atoms. The summed E-state index contributed by atoms with van der Waals surface area (Å²) in [5.41, 5.74) is 3.18. The molecule has 5 heteroatoms. The first kappa shape index (κ1) is 17.1. The molecule has 2 atom stereocenters. The van der Waals surface area contributed by atoms with Crippen LogP contribution in [0.15, 0.2) is 18.2 Å². The highest BCUT2D eigenvalue weighted by molar-refractivity contribution is 5.97. The van der Waals surface area contributed by atoms with Gasteiger partial charge in [-0.15, -0.1) is 12.4 Å². The van der Waals surface area contributed by atoms with Crippen LogP contribution in [0.4, 0.5) is 5.69 Å². The largest absolute Gasteiger partial charge is 0.385 e. The Hall–Kier alpha value is -1.26. The lowest BCUT2D eigenvalue weighted by Crippen LogP contribution is -2.51. The van der Waals surface area contributed by atoms with Gasteiger partial charge in [-0.2, -0.15) is 0 Å². The zero-order chi connectivity index (χ0) is 14.8. The molecular formula is C17H25ClN2O2. The van der Waals surface area contributed by atoms with Gasteiger partial charge < -0.3 is 15.0 Å². The van der Waals surface area contributed by atoms with Gasteiger partial charge in [-0.1, -0.05) is 13.0 Å². The van der Waals surface area contributed by atoms with E-state index in [2.05, 4.69) is 18.3 Å². The fourth-order valence-corrected chi connectivity index (χ4v) is 3.30. The molecule has 0 saturated carbocycles. The number of hydrogen-bond acceptors (Lipinski definition) is 3. The predicted octanol–water partition coefficient (Wildman–Crippen LogP) is 3.11. The first-order valence-electron chi connectivity index (χ1n) is 7.99. The average molecular weight is 325 g/mol.